The molecule has 4 rings (SSSR count). The molecule has 5 nitrogen and oxygen atoms in total. The number of unbranched alkanes of at least 4 members (excludes halogenated alkanes) is 1. The fraction of sp³-hybridized carbons (Fsp3) is 0.375. The highest BCUT2D eigenvalue weighted by Crippen LogP contribution is 2.26. The average molecular weight is 392 g/mol. The van der Waals surface area contributed by atoms with Crippen molar-refractivity contribution < 1.29 is 9.47 Å². The van der Waals surface area contributed by atoms with Crippen LogP contribution < -0.4 is 4.74 Å². The van der Waals surface area contributed by atoms with Crippen molar-refractivity contribution in [3.8, 4) is 5.75 Å². The zero-order valence-electron chi connectivity index (χ0n) is 16.8. The molecule has 1 unspecified atom stereocenters. The zero-order chi connectivity index (χ0) is 19.7. The number of nitrogens with zero attached hydrogens (tertiary/aromatic N) is 3. The predicted octanol–water partition coefficient (Wildman–Crippen LogP) is 4.32. The number of aromatic nitrogens is 2. The molecule has 1 aromatic heterocycles. The molecule has 0 radical (unpaired) electrons. The molecule has 29 heavy (non-hydrogen) atoms. The van der Waals surface area contributed by atoms with E-state index in [1.165, 1.54) is 11.1 Å². The Morgan fingerprint density at radius 1 is 1.03 bits per heavy atom. The van der Waals surface area contributed by atoms with Gasteiger partial charge in [0.25, 0.3) is 0 Å². The normalized spacial score (nSPS) is 17.3. The number of hydrogen-bond acceptors (Lipinski definition) is 4. The van der Waals surface area contributed by atoms with Crippen molar-refractivity contribution in [3.63, 3.8) is 0 Å². The summed E-state index contributed by atoms with van der Waals surface area (Å²) in [4.78, 5) is 6.54. The third kappa shape index (κ3) is 5.68. The van der Waals surface area contributed by atoms with Gasteiger partial charge >= 0.3 is 0 Å². The van der Waals surface area contributed by atoms with Crippen LogP contribution in [0.4, 0.5) is 0 Å². The molecule has 0 bridgehead atoms. The van der Waals surface area contributed by atoms with Gasteiger partial charge in [-0.3, -0.25) is 4.90 Å². The first-order chi connectivity index (χ1) is 14.4. The monoisotopic (exact) mass is 391 g/mol. The van der Waals surface area contributed by atoms with E-state index in [4.69, 9.17) is 9.47 Å². The summed E-state index contributed by atoms with van der Waals surface area (Å²) in [6.07, 6.45) is 7.94. The molecule has 0 saturated carbocycles. The van der Waals surface area contributed by atoms with Gasteiger partial charge in [0.2, 0.25) is 0 Å². The van der Waals surface area contributed by atoms with Crippen LogP contribution in [0, 0.1) is 0 Å². The molecule has 1 saturated heterocycles. The summed E-state index contributed by atoms with van der Waals surface area (Å²) in [5.74, 6) is 0.998. The second kappa shape index (κ2) is 10.2. The van der Waals surface area contributed by atoms with E-state index in [0.717, 1.165) is 58.0 Å². The van der Waals surface area contributed by atoms with Crippen molar-refractivity contribution in [1.29, 1.82) is 0 Å². The summed E-state index contributed by atoms with van der Waals surface area (Å²) in [5.41, 5.74) is 2.50. The molecule has 2 heterocycles. The van der Waals surface area contributed by atoms with Gasteiger partial charge in [0.15, 0.2) is 0 Å². The van der Waals surface area contributed by atoms with Gasteiger partial charge < -0.3 is 14.0 Å². The van der Waals surface area contributed by atoms with Gasteiger partial charge in [-0.15, -0.1) is 0 Å². The largest absolute Gasteiger partial charge is 0.493 e. The maximum atomic E-state index is 6.13. The van der Waals surface area contributed by atoms with E-state index >= 15 is 0 Å². The Hall–Kier alpha value is -2.63. The first-order valence-electron chi connectivity index (χ1n) is 10.4. The molecule has 1 aliphatic heterocycles. The highest BCUT2D eigenvalue weighted by atomic mass is 16.5. The van der Waals surface area contributed by atoms with Crippen molar-refractivity contribution in [1.82, 2.24) is 14.5 Å². The number of rotatable bonds is 9. The Morgan fingerprint density at radius 3 is 2.76 bits per heavy atom. The summed E-state index contributed by atoms with van der Waals surface area (Å²) in [7, 11) is 0. The van der Waals surface area contributed by atoms with Gasteiger partial charge in [0.05, 0.1) is 25.6 Å². The van der Waals surface area contributed by atoms with E-state index < -0.39 is 0 Å². The van der Waals surface area contributed by atoms with E-state index in [2.05, 4.69) is 63.0 Å². The van der Waals surface area contributed by atoms with Gasteiger partial charge in [0, 0.05) is 44.1 Å². The molecule has 2 aromatic carbocycles. The molecule has 0 N–H and O–H groups in total. The van der Waals surface area contributed by atoms with Crippen molar-refractivity contribution in [2.75, 3.05) is 26.3 Å². The first-order valence-corrected chi connectivity index (χ1v) is 10.4. The van der Waals surface area contributed by atoms with Gasteiger partial charge in [-0.1, -0.05) is 48.5 Å². The first kappa shape index (κ1) is 19.7. The van der Waals surface area contributed by atoms with E-state index in [1.807, 2.05) is 24.8 Å². The standard InChI is InChI=1S/C24H29N3O2/c1-2-8-21(9-3-1)24-19-27(15-17-29-24)18-22-10-4-5-11-23(22)28-16-7-6-13-26-14-12-25-20-26/h1-5,8-12,14,20,24H,6-7,13,15-19H2. The molecular weight excluding hydrogens is 362 g/mol. The fourth-order valence-electron chi connectivity index (χ4n) is 3.73. The van der Waals surface area contributed by atoms with E-state index in [9.17, 15) is 0 Å². The molecule has 152 valence electrons. The van der Waals surface area contributed by atoms with Crippen molar-refractivity contribution in [2.24, 2.45) is 0 Å². The lowest BCUT2D eigenvalue weighted by Gasteiger charge is -2.33. The number of ether oxygens (including phenoxy) is 2. The zero-order valence-corrected chi connectivity index (χ0v) is 16.8. The van der Waals surface area contributed by atoms with Crippen LogP contribution in [0.25, 0.3) is 0 Å². The Labute approximate surface area is 172 Å². The summed E-state index contributed by atoms with van der Waals surface area (Å²) in [5, 5.41) is 0. The van der Waals surface area contributed by atoms with Gasteiger partial charge in [-0.25, -0.2) is 4.98 Å². The number of benzene rings is 2. The van der Waals surface area contributed by atoms with Crippen LogP contribution in [0.3, 0.4) is 0 Å². The lowest BCUT2D eigenvalue weighted by atomic mass is 10.1. The second-order valence-corrected chi connectivity index (χ2v) is 7.47. The van der Waals surface area contributed by atoms with Crippen molar-refractivity contribution in [2.45, 2.75) is 32.0 Å². The van der Waals surface area contributed by atoms with Crippen LogP contribution in [-0.4, -0.2) is 40.8 Å². The molecule has 1 fully saturated rings. The highest BCUT2D eigenvalue weighted by Gasteiger charge is 2.22. The molecule has 0 amide bonds. The lowest BCUT2D eigenvalue weighted by Crippen LogP contribution is -2.37. The highest BCUT2D eigenvalue weighted by molar-refractivity contribution is 5.33. The molecule has 1 aliphatic rings. The van der Waals surface area contributed by atoms with Gasteiger partial charge in [-0.05, 0) is 24.5 Å². The minimum absolute atomic E-state index is 0.140. The Balaban J connectivity index is 1.28. The van der Waals surface area contributed by atoms with E-state index in [0.29, 0.717) is 0 Å². The van der Waals surface area contributed by atoms with Gasteiger partial charge in [0.1, 0.15) is 5.75 Å². The quantitative estimate of drug-likeness (QED) is 0.510. The number of aryl methyl sites for hydroxylation is 1. The Kier molecular flexibility index (Phi) is 6.94. The smallest absolute Gasteiger partial charge is 0.123 e. The van der Waals surface area contributed by atoms with Gasteiger partial charge in [-0.2, -0.15) is 0 Å². The number of hydrogen-bond donors (Lipinski definition) is 0. The second-order valence-electron chi connectivity index (χ2n) is 7.47. The van der Waals surface area contributed by atoms with Crippen molar-refractivity contribution >= 4 is 0 Å². The molecule has 3 aromatic rings. The SMILES string of the molecule is c1ccc(C2CN(Cc3ccccc3OCCCCn3ccnc3)CCO2)cc1. The van der Waals surface area contributed by atoms with Crippen LogP contribution >= 0.6 is 0 Å². The summed E-state index contributed by atoms with van der Waals surface area (Å²) in [6.45, 7) is 5.22. The van der Waals surface area contributed by atoms with Crippen LogP contribution in [0.1, 0.15) is 30.1 Å². The molecule has 0 spiro atoms. The van der Waals surface area contributed by atoms with Crippen LogP contribution in [-0.2, 0) is 17.8 Å². The Bertz CT molecular complexity index is 852. The summed E-state index contributed by atoms with van der Waals surface area (Å²) >= 11 is 0. The van der Waals surface area contributed by atoms with Crippen LogP contribution in [0.5, 0.6) is 5.75 Å². The molecule has 5 heteroatoms. The van der Waals surface area contributed by atoms with E-state index in [1.54, 1.807) is 0 Å². The fourth-order valence-corrected chi connectivity index (χ4v) is 3.73. The van der Waals surface area contributed by atoms with E-state index in [-0.39, 0.29) is 6.10 Å². The number of morpholine rings is 1. The summed E-state index contributed by atoms with van der Waals surface area (Å²) in [6, 6.07) is 18.9. The minimum atomic E-state index is 0.140. The number of para-hydroxylation sites is 1. The average Bonchev–Trinajstić information content (AvgIpc) is 3.29. The lowest BCUT2D eigenvalue weighted by molar-refractivity contribution is -0.0331. The molecule has 1 atom stereocenters. The molecule has 0 aliphatic carbocycles. The third-order valence-corrected chi connectivity index (χ3v) is 5.32. The number of imidazole rings is 1. The predicted molar refractivity (Wildman–Crippen MR) is 114 cm³/mol. The minimum Gasteiger partial charge on any atom is -0.493 e. The summed E-state index contributed by atoms with van der Waals surface area (Å²) < 4.78 is 14.2. The maximum Gasteiger partial charge on any atom is 0.123 e. The third-order valence-electron chi connectivity index (χ3n) is 5.32. The molecular formula is C24H29N3O2. The topological polar surface area (TPSA) is 39.5 Å². The maximum absolute atomic E-state index is 6.13. The Morgan fingerprint density at radius 2 is 1.90 bits per heavy atom. The van der Waals surface area contributed by atoms with Crippen molar-refractivity contribution in [3.05, 3.63) is 84.4 Å². The van der Waals surface area contributed by atoms with Crippen LogP contribution in [0.15, 0.2) is 73.3 Å². The van der Waals surface area contributed by atoms with Crippen LogP contribution in [0.2, 0.25) is 0 Å².